The Hall–Kier alpha value is -2.29. The van der Waals surface area contributed by atoms with E-state index in [9.17, 15) is 22.4 Å². The summed E-state index contributed by atoms with van der Waals surface area (Å²) in [4.78, 5) is 24.0. The average molecular weight is 439 g/mol. The lowest BCUT2D eigenvalue weighted by Gasteiger charge is -2.30. The van der Waals surface area contributed by atoms with Gasteiger partial charge in [-0.15, -0.1) is 0 Å². The number of nitrogens with zero attached hydrogens (tertiary/aromatic N) is 1. The standard InChI is InChI=1S/C20H20ClFN2O4S/c1-13(25)15-4-2-5-16(12-15)29(27,28)24-10-8-14(9-11-24)20(26)23-18-7-3-6-17(21)19(18)22/h2-7,12,14H,8-11H2,1H3,(H,23,26). The maximum Gasteiger partial charge on any atom is 0.243 e. The fraction of sp³-hybridized carbons (Fsp3) is 0.300. The number of halogens is 2. The van der Waals surface area contributed by atoms with E-state index < -0.39 is 21.8 Å². The van der Waals surface area contributed by atoms with E-state index in [-0.39, 0.29) is 40.4 Å². The van der Waals surface area contributed by atoms with Crippen molar-refractivity contribution in [1.29, 1.82) is 0 Å². The molecule has 0 atom stereocenters. The Morgan fingerprint density at radius 2 is 1.79 bits per heavy atom. The molecule has 0 bridgehead atoms. The summed E-state index contributed by atoms with van der Waals surface area (Å²) >= 11 is 5.72. The first-order valence-electron chi connectivity index (χ1n) is 9.06. The maximum atomic E-state index is 14.0. The number of carbonyl (C=O) groups is 2. The van der Waals surface area contributed by atoms with Gasteiger partial charge in [-0.05, 0) is 44.0 Å². The monoisotopic (exact) mass is 438 g/mol. The van der Waals surface area contributed by atoms with Gasteiger partial charge >= 0.3 is 0 Å². The molecule has 6 nitrogen and oxygen atoms in total. The lowest BCUT2D eigenvalue weighted by Crippen LogP contribution is -2.41. The zero-order valence-corrected chi connectivity index (χ0v) is 17.3. The van der Waals surface area contributed by atoms with Gasteiger partial charge in [0.1, 0.15) is 0 Å². The van der Waals surface area contributed by atoms with Crippen LogP contribution >= 0.6 is 11.6 Å². The molecule has 1 saturated heterocycles. The second kappa shape index (κ2) is 8.61. The van der Waals surface area contributed by atoms with Crippen molar-refractivity contribution in [3.8, 4) is 0 Å². The number of nitrogens with one attached hydrogen (secondary N) is 1. The van der Waals surface area contributed by atoms with Gasteiger partial charge in [0.25, 0.3) is 0 Å². The summed E-state index contributed by atoms with van der Waals surface area (Å²) in [7, 11) is -3.77. The summed E-state index contributed by atoms with van der Waals surface area (Å²) in [6, 6.07) is 10.2. The average Bonchev–Trinajstić information content (AvgIpc) is 2.71. The van der Waals surface area contributed by atoms with Crippen molar-refractivity contribution < 1.29 is 22.4 Å². The fourth-order valence-electron chi connectivity index (χ4n) is 3.22. The van der Waals surface area contributed by atoms with E-state index >= 15 is 0 Å². The van der Waals surface area contributed by atoms with Crippen LogP contribution in [-0.2, 0) is 14.8 Å². The molecule has 1 fully saturated rings. The highest BCUT2D eigenvalue weighted by Gasteiger charge is 2.32. The van der Waals surface area contributed by atoms with E-state index in [1.54, 1.807) is 6.07 Å². The summed E-state index contributed by atoms with van der Waals surface area (Å²) in [5.74, 6) is -1.73. The van der Waals surface area contributed by atoms with Crippen LogP contribution in [0.25, 0.3) is 0 Å². The molecule has 0 unspecified atom stereocenters. The third-order valence-electron chi connectivity index (χ3n) is 4.91. The zero-order chi connectivity index (χ0) is 21.2. The predicted molar refractivity (Wildman–Crippen MR) is 108 cm³/mol. The number of piperidine rings is 1. The highest BCUT2D eigenvalue weighted by atomic mass is 35.5. The number of Topliss-reactive ketones (excluding diaryl/α,β-unsaturated/α-hetero) is 1. The van der Waals surface area contributed by atoms with Gasteiger partial charge in [-0.2, -0.15) is 4.31 Å². The van der Waals surface area contributed by atoms with Crippen LogP contribution < -0.4 is 5.32 Å². The van der Waals surface area contributed by atoms with E-state index in [1.165, 1.54) is 47.6 Å². The van der Waals surface area contributed by atoms with E-state index in [1.807, 2.05) is 0 Å². The predicted octanol–water partition coefficient (Wildman–Crippen LogP) is 3.72. The first-order valence-corrected chi connectivity index (χ1v) is 10.9. The molecule has 3 rings (SSSR count). The van der Waals surface area contributed by atoms with Crippen LogP contribution in [0.4, 0.5) is 10.1 Å². The topological polar surface area (TPSA) is 83.6 Å². The smallest absolute Gasteiger partial charge is 0.243 e. The third kappa shape index (κ3) is 4.66. The molecule has 0 spiro atoms. The normalized spacial score (nSPS) is 15.8. The quantitative estimate of drug-likeness (QED) is 0.721. The van der Waals surface area contributed by atoms with Crippen LogP contribution in [0, 0.1) is 11.7 Å². The largest absolute Gasteiger partial charge is 0.323 e. The Morgan fingerprint density at radius 3 is 2.45 bits per heavy atom. The summed E-state index contributed by atoms with van der Waals surface area (Å²) in [5, 5.41) is 2.44. The molecule has 154 valence electrons. The molecule has 2 aromatic rings. The molecule has 9 heteroatoms. The molecular formula is C20H20ClFN2O4S. The minimum absolute atomic E-state index is 0.00130. The summed E-state index contributed by atoms with van der Waals surface area (Å²) in [6.07, 6.45) is 0.610. The van der Waals surface area contributed by atoms with E-state index in [0.717, 1.165) is 0 Å². The highest BCUT2D eigenvalue weighted by Crippen LogP contribution is 2.27. The molecule has 1 aliphatic rings. The SMILES string of the molecule is CC(=O)c1cccc(S(=O)(=O)N2CCC(C(=O)Nc3cccc(Cl)c3F)CC2)c1. The number of hydrogen-bond donors (Lipinski definition) is 1. The van der Waals surface area contributed by atoms with Crippen LogP contribution in [0.15, 0.2) is 47.4 Å². The van der Waals surface area contributed by atoms with Crippen LogP contribution in [0.3, 0.4) is 0 Å². The Balaban J connectivity index is 1.66. The molecule has 1 N–H and O–H groups in total. The van der Waals surface area contributed by atoms with Crippen molar-refractivity contribution in [2.24, 2.45) is 5.92 Å². The molecule has 0 aliphatic carbocycles. The van der Waals surface area contributed by atoms with Crippen LogP contribution in [0.5, 0.6) is 0 Å². The highest BCUT2D eigenvalue weighted by molar-refractivity contribution is 7.89. The molecule has 0 saturated carbocycles. The van der Waals surface area contributed by atoms with Gasteiger partial charge in [0.05, 0.1) is 15.6 Å². The number of anilines is 1. The van der Waals surface area contributed by atoms with E-state index in [4.69, 9.17) is 11.6 Å². The Morgan fingerprint density at radius 1 is 1.14 bits per heavy atom. The number of sulfonamides is 1. The van der Waals surface area contributed by atoms with Crippen molar-refractivity contribution in [3.05, 3.63) is 58.9 Å². The van der Waals surface area contributed by atoms with Crippen molar-refractivity contribution in [3.63, 3.8) is 0 Å². The first-order chi connectivity index (χ1) is 13.7. The number of amides is 1. The van der Waals surface area contributed by atoms with Gasteiger partial charge in [-0.1, -0.05) is 29.8 Å². The molecule has 1 amide bonds. The molecule has 29 heavy (non-hydrogen) atoms. The molecule has 0 radical (unpaired) electrons. The minimum Gasteiger partial charge on any atom is -0.323 e. The molecule has 1 heterocycles. The maximum absolute atomic E-state index is 14.0. The van der Waals surface area contributed by atoms with E-state index in [0.29, 0.717) is 18.4 Å². The molecule has 2 aromatic carbocycles. The zero-order valence-electron chi connectivity index (χ0n) is 15.7. The Bertz CT molecular complexity index is 1050. The van der Waals surface area contributed by atoms with Gasteiger partial charge in [-0.3, -0.25) is 9.59 Å². The van der Waals surface area contributed by atoms with Gasteiger partial charge in [0.2, 0.25) is 15.9 Å². The number of carbonyl (C=O) groups excluding carboxylic acids is 2. The van der Waals surface area contributed by atoms with Crippen molar-refractivity contribution >= 4 is 39.0 Å². The minimum atomic E-state index is -3.77. The lowest BCUT2D eigenvalue weighted by atomic mass is 9.97. The van der Waals surface area contributed by atoms with Gasteiger partial charge in [-0.25, -0.2) is 12.8 Å². The third-order valence-corrected chi connectivity index (χ3v) is 7.10. The number of ketones is 1. The number of benzene rings is 2. The molecular weight excluding hydrogens is 419 g/mol. The van der Waals surface area contributed by atoms with Crippen molar-refractivity contribution in [2.75, 3.05) is 18.4 Å². The lowest BCUT2D eigenvalue weighted by molar-refractivity contribution is -0.120. The van der Waals surface area contributed by atoms with E-state index in [2.05, 4.69) is 5.32 Å². The first kappa shape index (κ1) is 21.4. The second-order valence-corrected chi connectivity index (χ2v) is 9.20. The van der Waals surface area contributed by atoms with Gasteiger partial charge in [0.15, 0.2) is 11.6 Å². The van der Waals surface area contributed by atoms with Crippen molar-refractivity contribution in [1.82, 2.24) is 4.31 Å². The Kier molecular flexibility index (Phi) is 6.36. The Labute approximate surface area is 173 Å². The van der Waals surface area contributed by atoms with Gasteiger partial charge in [0, 0.05) is 24.6 Å². The molecule has 1 aliphatic heterocycles. The second-order valence-electron chi connectivity index (χ2n) is 6.85. The number of rotatable bonds is 5. The van der Waals surface area contributed by atoms with Crippen LogP contribution in [0.1, 0.15) is 30.1 Å². The van der Waals surface area contributed by atoms with Crippen LogP contribution in [-0.4, -0.2) is 37.5 Å². The molecule has 0 aromatic heterocycles. The van der Waals surface area contributed by atoms with Crippen molar-refractivity contribution in [2.45, 2.75) is 24.7 Å². The van der Waals surface area contributed by atoms with Gasteiger partial charge < -0.3 is 5.32 Å². The number of hydrogen-bond acceptors (Lipinski definition) is 4. The summed E-state index contributed by atoms with van der Waals surface area (Å²) in [5.41, 5.74) is 0.322. The summed E-state index contributed by atoms with van der Waals surface area (Å²) < 4.78 is 41.0. The summed E-state index contributed by atoms with van der Waals surface area (Å²) in [6.45, 7) is 1.68. The fourth-order valence-corrected chi connectivity index (χ4v) is 4.91. The van der Waals surface area contributed by atoms with Crippen LogP contribution in [0.2, 0.25) is 5.02 Å².